The van der Waals surface area contributed by atoms with E-state index in [9.17, 15) is 0 Å². The molecule has 0 radical (unpaired) electrons. The summed E-state index contributed by atoms with van der Waals surface area (Å²) in [6.45, 7) is 6.51. The van der Waals surface area contributed by atoms with Gasteiger partial charge in [-0.15, -0.1) is 5.10 Å². The third-order valence-electron chi connectivity index (χ3n) is 3.79. The van der Waals surface area contributed by atoms with Crippen LogP contribution in [-0.2, 0) is 4.74 Å². The number of nitrogens with zero attached hydrogens (tertiary/aromatic N) is 2. The normalized spacial score (nSPS) is 10.2. The van der Waals surface area contributed by atoms with E-state index in [1.165, 1.54) is 77.0 Å². The topological polar surface area (TPSA) is 50.8 Å². The van der Waals surface area contributed by atoms with E-state index in [0.717, 1.165) is 13.2 Å². The van der Waals surface area contributed by atoms with Crippen molar-refractivity contribution in [2.45, 2.75) is 90.9 Å². The molecule has 1 rings (SSSR count). The lowest BCUT2D eigenvalue weighted by Crippen LogP contribution is -1.97. The Kier molecular flexibility index (Phi) is 19.6. The van der Waals surface area contributed by atoms with Gasteiger partial charge in [0, 0.05) is 13.2 Å². The fourth-order valence-electron chi connectivity index (χ4n) is 2.32. The van der Waals surface area contributed by atoms with Crippen molar-refractivity contribution in [1.29, 1.82) is 0 Å². The molecule has 0 spiro atoms. The molecule has 0 aromatic carbocycles. The van der Waals surface area contributed by atoms with Gasteiger partial charge in [-0.05, 0) is 18.9 Å². The minimum Gasteiger partial charge on any atom is -0.381 e. The fourth-order valence-corrected chi connectivity index (χ4v) is 2.42. The van der Waals surface area contributed by atoms with Crippen molar-refractivity contribution in [3.63, 3.8) is 0 Å². The summed E-state index contributed by atoms with van der Waals surface area (Å²) in [6.07, 6.45) is 17.9. The molecular weight excluding hydrogens is 318 g/mol. The second-order valence-electron chi connectivity index (χ2n) is 6.16. The van der Waals surface area contributed by atoms with Crippen LogP contribution in [0.1, 0.15) is 90.9 Å². The predicted molar refractivity (Wildman–Crippen MR) is 105 cm³/mol. The molecule has 0 aliphatic rings. The summed E-state index contributed by atoms with van der Waals surface area (Å²) in [4.78, 5) is 0. The standard InChI is InChI=1S/C16H34O.C3H3N3S/c1-3-5-7-9-11-13-15-17-16-14-12-10-8-6-4-2;7-3-1-2-4-6-5-3/h3-16H2,1-2H3;1-2H,(H,4,5,7). The zero-order valence-corrected chi connectivity index (χ0v) is 16.6. The number of nitrogens with one attached hydrogen (secondary N) is 1. The SMILES string of the molecule is CCCCCCCCOCCCCCCCC.S=c1ccnn[nH]1. The van der Waals surface area contributed by atoms with Crippen LogP contribution in [0.5, 0.6) is 0 Å². The van der Waals surface area contributed by atoms with Gasteiger partial charge >= 0.3 is 0 Å². The van der Waals surface area contributed by atoms with Gasteiger partial charge in [0.2, 0.25) is 0 Å². The highest BCUT2D eigenvalue weighted by molar-refractivity contribution is 7.71. The van der Waals surface area contributed by atoms with Crippen LogP contribution in [0.25, 0.3) is 0 Å². The maximum absolute atomic E-state index is 5.65. The molecule has 0 saturated carbocycles. The molecule has 4 nitrogen and oxygen atoms in total. The predicted octanol–water partition coefficient (Wildman–Crippen LogP) is 6.26. The summed E-state index contributed by atoms with van der Waals surface area (Å²) in [5, 5.41) is 9.36. The quantitative estimate of drug-likeness (QED) is 0.316. The Labute approximate surface area is 153 Å². The number of H-pyrrole nitrogens is 1. The van der Waals surface area contributed by atoms with Gasteiger partial charge in [0.05, 0.1) is 6.20 Å². The lowest BCUT2D eigenvalue weighted by Gasteiger charge is -2.04. The minimum absolute atomic E-state index is 0.606. The number of rotatable bonds is 14. The van der Waals surface area contributed by atoms with E-state index < -0.39 is 0 Å². The van der Waals surface area contributed by atoms with Crippen molar-refractivity contribution in [2.75, 3.05) is 13.2 Å². The van der Waals surface area contributed by atoms with E-state index in [1.807, 2.05) is 0 Å². The molecule has 0 aliphatic carbocycles. The molecule has 0 bridgehead atoms. The minimum atomic E-state index is 0.606. The highest BCUT2D eigenvalue weighted by atomic mass is 32.1. The average Bonchev–Trinajstić information content (AvgIpc) is 2.60. The average molecular weight is 356 g/mol. The molecule has 1 N–H and O–H groups in total. The van der Waals surface area contributed by atoms with Crippen LogP contribution >= 0.6 is 12.2 Å². The van der Waals surface area contributed by atoms with E-state index in [4.69, 9.17) is 4.74 Å². The zero-order chi connectivity index (χ0) is 17.7. The molecule has 1 aromatic rings. The smallest absolute Gasteiger partial charge is 0.122 e. The summed E-state index contributed by atoms with van der Waals surface area (Å²) in [6, 6.07) is 1.67. The first-order chi connectivity index (χ1) is 11.8. The van der Waals surface area contributed by atoms with E-state index >= 15 is 0 Å². The van der Waals surface area contributed by atoms with Crippen molar-refractivity contribution < 1.29 is 4.74 Å². The van der Waals surface area contributed by atoms with Gasteiger partial charge in [0.25, 0.3) is 0 Å². The summed E-state index contributed by atoms with van der Waals surface area (Å²) in [5.41, 5.74) is 0. The maximum atomic E-state index is 5.65. The van der Waals surface area contributed by atoms with Gasteiger partial charge in [-0.1, -0.05) is 95.5 Å². The number of ether oxygens (including phenoxy) is 1. The van der Waals surface area contributed by atoms with Crippen molar-refractivity contribution in [2.24, 2.45) is 0 Å². The van der Waals surface area contributed by atoms with Gasteiger partial charge in [0.1, 0.15) is 4.64 Å². The Balaban J connectivity index is 0.000000620. The van der Waals surface area contributed by atoms with Crippen LogP contribution < -0.4 is 0 Å². The van der Waals surface area contributed by atoms with E-state index in [-0.39, 0.29) is 0 Å². The second-order valence-corrected chi connectivity index (χ2v) is 6.59. The molecule has 0 aliphatic heterocycles. The molecule has 5 heteroatoms. The summed E-state index contributed by atoms with van der Waals surface area (Å²) >= 11 is 4.65. The highest BCUT2D eigenvalue weighted by Gasteiger charge is 1.92. The van der Waals surface area contributed by atoms with Crippen LogP contribution in [0, 0.1) is 4.64 Å². The number of hydrogen-bond acceptors (Lipinski definition) is 4. The van der Waals surface area contributed by atoms with Gasteiger partial charge in [-0.3, -0.25) is 0 Å². The summed E-state index contributed by atoms with van der Waals surface area (Å²) in [7, 11) is 0. The zero-order valence-electron chi connectivity index (χ0n) is 15.8. The van der Waals surface area contributed by atoms with Crippen LogP contribution in [0.2, 0.25) is 0 Å². The molecule has 0 atom stereocenters. The van der Waals surface area contributed by atoms with Gasteiger partial charge in [-0.2, -0.15) is 0 Å². The molecule has 0 saturated heterocycles. The largest absolute Gasteiger partial charge is 0.381 e. The van der Waals surface area contributed by atoms with E-state index in [2.05, 4.69) is 41.5 Å². The number of aromatic nitrogens is 3. The first-order valence-corrected chi connectivity index (χ1v) is 10.2. The Hall–Kier alpha value is -0.810. The Morgan fingerprint density at radius 1 is 0.833 bits per heavy atom. The lowest BCUT2D eigenvalue weighted by atomic mass is 10.1. The molecular formula is C19H37N3OS. The number of aromatic amines is 1. The molecule has 1 heterocycles. The first kappa shape index (κ1) is 23.2. The Morgan fingerprint density at radius 3 is 1.71 bits per heavy atom. The van der Waals surface area contributed by atoms with Gasteiger partial charge < -0.3 is 4.74 Å². The molecule has 0 fully saturated rings. The van der Waals surface area contributed by atoms with Crippen molar-refractivity contribution >= 4 is 12.2 Å². The molecule has 0 amide bonds. The van der Waals surface area contributed by atoms with Crippen molar-refractivity contribution in [1.82, 2.24) is 15.4 Å². The Morgan fingerprint density at radius 2 is 1.33 bits per heavy atom. The number of hydrogen-bond donors (Lipinski definition) is 1. The monoisotopic (exact) mass is 355 g/mol. The van der Waals surface area contributed by atoms with Crippen LogP contribution in [0.4, 0.5) is 0 Å². The molecule has 140 valence electrons. The highest BCUT2D eigenvalue weighted by Crippen LogP contribution is 2.06. The van der Waals surface area contributed by atoms with Crippen LogP contribution in [0.3, 0.4) is 0 Å². The Bertz CT molecular complexity index is 367. The summed E-state index contributed by atoms with van der Waals surface area (Å²) < 4.78 is 6.25. The number of unbranched alkanes of at least 4 members (excludes halogenated alkanes) is 10. The summed E-state index contributed by atoms with van der Waals surface area (Å²) in [5.74, 6) is 0. The maximum Gasteiger partial charge on any atom is 0.122 e. The van der Waals surface area contributed by atoms with Crippen LogP contribution in [0.15, 0.2) is 12.3 Å². The third-order valence-corrected chi connectivity index (χ3v) is 4.02. The first-order valence-electron chi connectivity index (χ1n) is 9.75. The van der Waals surface area contributed by atoms with Crippen molar-refractivity contribution in [3.8, 4) is 0 Å². The van der Waals surface area contributed by atoms with Gasteiger partial charge in [0.15, 0.2) is 0 Å². The van der Waals surface area contributed by atoms with Gasteiger partial charge in [-0.25, -0.2) is 5.10 Å². The fraction of sp³-hybridized carbons (Fsp3) is 0.842. The third kappa shape index (κ3) is 19.2. The molecule has 0 unspecified atom stereocenters. The van der Waals surface area contributed by atoms with Crippen LogP contribution in [-0.4, -0.2) is 28.6 Å². The van der Waals surface area contributed by atoms with E-state index in [0.29, 0.717) is 4.64 Å². The van der Waals surface area contributed by atoms with E-state index in [1.54, 1.807) is 12.3 Å². The molecule has 24 heavy (non-hydrogen) atoms. The lowest BCUT2D eigenvalue weighted by molar-refractivity contribution is 0.125. The molecule has 1 aromatic heterocycles. The second kappa shape index (κ2) is 20.2. The van der Waals surface area contributed by atoms with Crippen molar-refractivity contribution in [3.05, 3.63) is 16.9 Å².